The van der Waals surface area contributed by atoms with E-state index >= 15 is 0 Å². The Balaban J connectivity index is 1.83. The topological polar surface area (TPSA) is 29.9 Å². The second-order valence-corrected chi connectivity index (χ2v) is 7.54. The van der Waals surface area contributed by atoms with Crippen molar-refractivity contribution in [3.63, 3.8) is 0 Å². The summed E-state index contributed by atoms with van der Waals surface area (Å²) in [5.41, 5.74) is 2.80. The Kier molecular flexibility index (Phi) is 5.48. The van der Waals surface area contributed by atoms with Gasteiger partial charge in [0.2, 0.25) is 0 Å². The molecule has 4 heteroatoms. The molecule has 2 aromatic rings. The Hall–Kier alpha value is -1.26. The van der Waals surface area contributed by atoms with E-state index in [0.717, 1.165) is 18.7 Å². The molecule has 0 spiro atoms. The van der Waals surface area contributed by atoms with Gasteiger partial charge in [0.25, 0.3) is 0 Å². The minimum absolute atomic E-state index is 0.156. The molecular formula is C17H25N3S. The van der Waals surface area contributed by atoms with E-state index in [1.807, 2.05) is 29.7 Å². The van der Waals surface area contributed by atoms with E-state index in [1.165, 1.54) is 16.0 Å². The molecule has 114 valence electrons. The fourth-order valence-corrected chi connectivity index (χ4v) is 2.98. The van der Waals surface area contributed by atoms with Crippen molar-refractivity contribution in [3.8, 4) is 0 Å². The molecule has 21 heavy (non-hydrogen) atoms. The van der Waals surface area contributed by atoms with Crippen LogP contribution in [0.4, 0.5) is 0 Å². The highest BCUT2D eigenvalue weighted by atomic mass is 32.2. The van der Waals surface area contributed by atoms with E-state index < -0.39 is 0 Å². The number of hydrogen-bond acceptors (Lipinski definition) is 3. The lowest BCUT2D eigenvalue weighted by Crippen LogP contribution is -2.35. The minimum atomic E-state index is 0.156. The van der Waals surface area contributed by atoms with Crippen molar-refractivity contribution in [1.29, 1.82) is 0 Å². The predicted molar refractivity (Wildman–Crippen MR) is 90.7 cm³/mol. The Bertz CT molecular complexity index is 569. The molecule has 1 N–H and O–H groups in total. The highest BCUT2D eigenvalue weighted by Crippen LogP contribution is 2.20. The molecule has 0 unspecified atom stereocenters. The first kappa shape index (κ1) is 16.1. The maximum atomic E-state index is 4.20. The van der Waals surface area contributed by atoms with Crippen molar-refractivity contribution in [3.05, 3.63) is 47.8 Å². The normalized spacial score (nSPS) is 11.8. The second-order valence-electron chi connectivity index (χ2n) is 6.37. The molecule has 0 fully saturated rings. The van der Waals surface area contributed by atoms with Gasteiger partial charge in [-0.3, -0.25) is 4.68 Å². The highest BCUT2D eigenvalue weighted by Gasteiger charge is 2.08. The summed E-state index contributed by atoms with van der Waals surface area (Å²) in [5.74, 6) is 1.09. The average Bonchev–Trinajstić information content (AvgIpc) is 2.82. The molecule has 3 nitrogen and oxygen atoms in total. The number of nitrogens with one attached hydrogen (secondary N) is 1. The summed E-state index contributed by atoms with van der Waals surface area (Å²) in [6.07, 6.45) is 5.09. The lowest BCUT2D eigenvalue weighted by molar-refractivity contribution is 0.424. The molecule has 0 saturated heterocycles. The van der Waals surface area contributed by atoms with Gasteiger partial charge in [0.1, 0.15) is 0 Å². The van der Waals surface area contributed by atoms with Crippen LogP contribution in [0.1, 0.15) is 31.9 Å². The Morgan fingerprint density at radius 1 is 1.24 bits per heavy atom. The first-order chi connectivity index (χ1) is 9.92. The third-order valence-corrected chi connectivity index (χ3v) is 4.13. The van der Waals surface area contributed by atoms with Crippen LogP contribution in [-0.2, 0) is 20.0 Å². The van der Waals surface area contributed by atoms with Crippen LogP contribution in [0.3, 0.4) is 0 Å². The summed E-state index contributed by atoms with van der Waals surface area (Å²) in [4.78, 5) is 1.34. The zero-order valence-corrected chi connectivity index (χ0v) is 14.2. The molecule has 0 atom stereocenters. The van der Waals surface area contributed by atoms with Crippen LogP contribution in [0.25, 0.3) is 0 Å². The summed E-state index contributed by atoms with van der Waals surface area (Å²) >= 11 is 1.91. The van der Waals surface area contributed by atoms with Crippen molar-refractivity contribution >= 4 is 11.8 Å². The Morgan fingerprint density at radius 2 is 2.05 bits per heavy atom. The molecule has 1 aromatic heterocycles. The summed E-state index contributed by atoms with van der Waals surface area (Å²) in [5, 5.41) is 7.73. The van der Waals surface area contributed by atoms with Gasteiger partial charge >= 0.3 is 0 Å². The van der Waals surface area contributed by atoms with Gasteiger partial charge in [0.05, 0.1) is 6.20 Å². The number of thioether (sulfide) groups is 1. The van der Waals surface area contributed by atoms with Gasteiger partial charge < -0.3 is 5.32 Å². The SMILES string of the molecule is Cn1cc(CCSc2cccc(CNC(C)(C)C)c2)cn1. The van der Waals surface area contributed by atoms with Crippen molar-refractivity contribution in [2.75, 3.05) is 5.75 Å². The van der Waals surface area contributed by atoms with E-state index in [9.17, 15) is 0 Å². The lowest BCUT2D eigenvalue weighted by Gasteiger charge is -2.20. The number of aromatic nitrogens is 2. The molecule has 1 heterocycles. The number of rotatable bonds is 6. The molecule has 0 aliphatic rings. The monoisotopic (exact) mass is 303 g/mol. The lowest BCUT2D eigenvalue weighted by atomic mass is 10.1. The maximum absolute atomic E-state index is 4.20. The molecule has 2 rings (SSSR count). The molecule has 1 aromatic carbocycles. The Labute approximate surface area is 132 Å². The van der Waals surface area contributed by atoms with E-state index in [1.54, 1.807) is 0 Å². The summed E-state index contributed by atoms with van der Waals surface area (Å²) in [7, 11) is 1.96. The van der Waals surface area contributed by atoms with E-state index in [2.05, 4.69) is 61.6 Å². The van der Waals surface area contributed by atoms with Crippen molar-refractivity contribution in [2.45, 2.75) is 44.2 Å². The van der Waals surface area contributed by atoms with Gasteiger partial charge in [-0.1, -0.05) is 12.1 Å². The van der Waals surface area contributed by atoms with Gasteiger partial charge in [-0.25, -0.2) is 0 Å². The summed E-state index contributed by atoms with van der Waals surface area (Å²) in [6, 6.07) is 8.80. The number of aryl methyl sites for hydroxylation is 2. The molecule has 0 aliphatic carbocycles. The quantitative estimate of drug-likeness (QED) is 0.826. The summed E-state index contributed by atoms with van der Waals surface area (Å²) in [6.45, 7) is 7.50. The predicted octanol–water partition coefficient (Wildman–Crippen LogP) is 3.64. The first-order valence-electron chi connectivity index (χ1n) is 7.37. The van der Waals surface area contributed by atoms with E-state index in [4.69, 9.17) is 0 Å². The maximum Gasteiger partial charge on any atom is 0.0521 e. The smallest absolute Gasteiger partial charge is 0.0521 e. The van der Waals surface area contributed by atoms with Gasteiger partial charge in [0.15, 0.2) is 0 Å². The Morgan fingerprint density at radius 3 is 2.71 bits per heavy atom. The standard InChI is InChI=1S/C17H25N3S/c1-17(2,3)18-11-14-6-5-7-16(10-14)21-9-8-15-12-19-20(4)13-15/h5-7,10,12-13,18H,8-9,11H2,1-4H3. The second kappa shape index (κ2) is 7.14. The van der Waals surface area contributed by atoms with Crippen LogP contribution in [0.5, 0.6) is 0 Å². The van der Waals surface area contributed by atoms with E-state index in [-0.39, 0.29) is 5.54 Å². The fourth-order valence-electron chi connectivity index (χ4n) is 2.00. The van der Waals surface area contributed by atoms with Crippen molar-refractivity contribution in [1.82, 2.24) is 15.1 Å². The van der Waals surface area contributed by atoms with Gasteiger partial charge in [-0.15, -0.1) is 11.8 Å². The molecule has 0 aliphatic heterocycles. The molecule has 0 amide bonds. The molecular weight excluding hydrogens is 278 g/mol. The van der Waals surface area contributed by atoms with E-state index in [0.29, 0.717) is 0 Å². The molecule has 0 bridgehead atoms. The average molecular weight is 303 g/mol. The van der Waals surface area contributed by atoms with Crippen LogP contribution in [0.15, 0.2) is 41.6 Å². The van der Waals surface area contributed by atoms with Crippen molar-refractivity contribution < 1.29 is 0 Å². The van der Waals surface area contributed by atoms with Crippen LogP contribution < -0.4 is 5.32 Å². The molecule has 0 saturated carbocycles. The fraction of sp³-hybridized carbons (Fsp3) is 0.471. The van der Waals surface area contributed by atoms with Crippen LogP contribution in [0, 0.1) is 0 Å². The van der Waals surface area contributed by atoms with Crippen LogP contribution in [0.2, 0.25) is 0 Å². The van der Waals surface area contributed by atoms with Crippen LogP contribution >= 0.6 is 11.8 Å². The van der Waals surface area contributed by atoms with Gasteiger partial charge in [-0.2, -0.15) is 5.10 Å². The summed E-state index contributed by atoms with van der Waals surface area (Å²) < 4.78 is 1.86. The van der Waals surface area contributed by atoms with Crippen molar-refractivity contribution in [2.24, 2.45) is 7.05 Å². The third kappa shape index (κ3) is 5.94. The highest BCUT2D eigenvalue weighted by molar-refractivity contribution is 7.99. The minimum Gasteiger partial charge on any atom is -0.308 e. The zero-order chi connectivity index (χ0) is 15.3. The van der Waals surface area contributed by atoms with Crippen LogP contribution in [-0.4, -0.2) is 21.1 Å². The zero-order valence-electron chi connectivity index (χ0n) is 13.4. The first-order valence-corrected chi connectivity index (χ1v) is 8.35. The third-order valence-electron chi connectivity index (χ3n) is 3.14. The molecule has 0 radical (unpaired) electrons. The largest absolute Gasteiger partial charge is 0.308 e. The number of nitrogens with zero attached hydrogens (tertiary/aromatic N) is 2. The van der Waals surface area contributed by atoms with Gasteiger partial charge in [-0.05, 0) is 50.5 Å². The van der Waals surface area contributed by atoms with Gasteiger partial charge in [0, 0.05) is 36.0 Å². The number of benzene rings is 1. The number of hydrogen-bond donors (Lipinski definition) is 1.